The lowest BCUT2D eigenvalue weighted by molar-refractivity contribution is 0.0673. The van der Waals surface area contributed by atoms with Gasteiger partial charge in [0, 0.05) is 5.54 Å². The predicted octanol–water partition coefficient (Wildman–Crippen LogP) is 4.62. The Kier molecular flexibility index (Phi) is 5.46. The molecule has 2 N–H and O–H groups in total. The van der Waals surface area contributed by atoms with E-state index in [9.17, 15) is 0 Å². The molecular weight excluding hydrogens is 206 g/mol. The summed E-state index contributed by atoms with van der Waals surface area (Å²) in [5.74, 6) is 1.76. The normalized spacial score (nSPS) is 18.6. The van der Waals surface area contributed by atoms with Crippen LogP contribution >= 0.6 is 0 Å². The van der Waals surface area contributed by atoms with Gasteiger partial charge in [0.05, 0.1) is 0 Å². The molecule has 0 aliphatic carbocycles. The summed E-state index contributed by atoms with van der Waals surface area (Å²) in [4.78, 5) is 0. The van der Waals surface area contributed by atoms with Crippen LogP contribution in [0, 0.1) is 23.2 Å². The molecule has 102 valence electrons. The maximum absolute atomic E-state index is 6.36. The molecule has 1 nitrogen and oxygen atoms in total. The van der Waals surface area contributed by atoms with Crippen molar-refractivity contribution in [3.63, 3.8) is 0 Å². The van der Waals surface area contributed by atoms with Gasteiger partial charge in [0.2, 0.25) is 0 Å². The monoisotopic (exact) mass is 239 g/mol. The van der Waals surface area contributed by atoms with Crippen molar-refractivity contribution in [2.24, 2.45) is 28.9 Å². The van der Waals surface area contributed by atoms with E-state index in [1.807, 2.05) is 0 Å². The third-order valence-electron chi connectivity index (χ3n) is 5.16. The van der Waals surface area contributed by atoms with Crippen LogP contribution in [0.2, 0.25) is 0 Å². The minimum absolute atomic E-state index is 0.0973. The Bertz CT molecular complexity index is 257. The highest BCUT2D eigenvalue weighted by molar-refractivity contribution is 5.06. The lowest BCUT2D eigenvalue weighted by atomic mass is 9.60. The van der Waals surface area contributed by atoms with Crippen LogP contribution in [-0.4, -0.2) is 5.54 Å². The van der Waals surface area contributed by atoms with E-state index in [1.54, 1.807) is 0 Å². The molecule has 0 fully saturated rings. The molecule has 0 bridgehead atoms. The zero-order valence-electron chi connectivity index (χ0n) is 13.2. The number of hydrogen-bond acceptors (Lipinski definition) is 1. The molecule has 0 spiro atoms. The van der Waals surface area contributed by atoms with Crippen LogP contribution in [0.5, 0.6) is 0 Å². The van der Waals surface area contributed by atoms with Gasteiger partial charge in [0.15, 0.2) is 0 Å². The van der Waals surface area contributed by atoms with Crippen molar-refractivity contribution >= 4 is 0 Å². The first-order valence-corrected chi connectivity index (χ1v) is 6.91. The maximum Gasteiger partial charge on any atom is 0.0151 e. The molecule has 0 aromatic heterocycles. The molecule has 0 aliphatic rings. The van der Waals surface area contributed by atoms with Crippen molar-refractivity contribution in [1.82, 2.24) is 0 Å². The van der Waals surface area contributed by atoms with Gasteiger partial charge in [-0.15, -0.1) is 0 Å². The highest BCUT2D eigenvalue weighted by Crippen LogP contribution is 2.45. The second-order valence-electron chi connectivity index (χ2n) is 6.99. The lowest BCUT2D eigenvalue weighted by Gasteiger charge is -2.48. The van der Waals surface area contributed by atoms with E-state index in [2.05, 4.69) is 62.0 Å². The van der Waals surface area contributed by atoms with Gasteiger partial charge in [-0.25, -0.2) is 0 Å². The molecule has 17 heavy (non-hydrogen) atoms. The van der Waals surface area contributed by atoms with Gasteiger partial charge in [-0.3, -0.25) is 0 Å². The largest absolute Gasteiger partial charge is 0.325 e. The van der Waals surface area contributed by atoms with Crippen molar-refractivity contribution < 1.29 is 0 Å². The number of hydrogen-bond donors (Lipinski definition) is 1. The molecule has 0 amide bonds. The van der Waals surface area contributed by atoms with Crippen LogP contribution in [0.25, 0.3) is 0 Å². The summed E-state index contributed by atoms with van der Waals surface area (Å²) in [6.45, 7) is 22.1. The third-order valence-corrected chi connectivity index (χ3v) is 5.16. The van der Waals surface area contributed by atoms with E-state index in [-0.39, 0.29) is 11.0 Å². The fourth-order valence-corrected chi connectivity index (χ4v) is 2.69. The standard InChI is InChI=1S/C16H33N/c1-10-12(4)14(11(2)3)13(5)15(6,7)16(8,9)17/h12-14H,2,10,17H2,1,3-9H3/t12-,13?,14?/m0/s1. The zero-order chi connectivity index (χ0) is 14.0. The van der Waals surface area contributed by atoms with E-state index >= 15 is 0 Å². The van der Waals surface area contributed by atoms with Crippen LogP contribution < -0.4 is 5.73 Å². The molecule has 0 rings (SSSR count). The van der Waals surface area contributed by atoms with Gasteiger partial charge in [-0.2, -0.15) is 0 Å². The van der Waals surface area contributed by atoms with Gasteiger partial charge in [0.1, 0.15) is 0 Å². The van der Waals surface area contributed by atoms with E-state index in [0.29, 0.717) is 17.8 Å². The van der Waals surface area contributed by atoms with Crippen LogP contribution in [-0.2, 0) is 0 Å². The summed E-state index contributed by atoms with van der Waals surface area (Å²) >= 11 is 0. The summed E-state index contributed by atoms with van der Waals surface area (Å²) in [7, 11) is 0. The van der Waals surface area contributed by atoms with Crippen molar-refractivity contribution in [3.05, 3.63) is 12.2 Å². The summed E-state index contributed by atoms with van der Waals surface area (Å²) in [5, 5.41) is 0. The van der Waals surface area contributed by atoms with Crippen molar-refractivity contribution in [1.29, 1.82) is 0 Å². The molecule has 0 saturated heterocycles. The van der Waals surface area contributed by atoms with E-state index in [1.165, 1.54) is 12.0 Å². The molecule has 3 atom stereocenters. The fourth-order valence-electron chi connectivity index (χ4n) is 2.69. The number of allylic oxidation sites excluding steroid dienone is 1. The van der Waals surface area contributed by atoms with E-state index in [0.717, 1.165) is 0 Å². The first kappa shape index (κ1) is 16.7. The quantitative estimate of drug-likeness (QED) is 0.672. The number of nitrogens with two attached hydrogens (primary N) is 1. The zero-order valence-corrected chi connectivity index (χ0v) is 13.2. The molecule has 0 radical (unpaired) electrons. The fraction of sp³-hybridized carbons (Fsp3) is 0.875. The highest BCUT2D eigenvalue weighted by atomic mass is 14.8. The molecule has 0 aromatic carbocycles. The molecule has 1 heteroatoms. The van der Waals surface area contributed by atoms with Crippen LogP contribution in [0.3, 0.4) is 0 Å². The molecule has 0 aliphatic heterocycles. The first-order chi connectivity index (χ1) is 7.46. The lowest BCUT2D eigenvalue weighted by Crippen LogP contribution is -2.53. The van der Waals surface area contributed by atoms with Crippen LogP contribution in [0.4, 0.5) is 0 Å². The third kappa shape index (κ3) is 3.58. The predicted molar refractivity (Wildman–Crippen MR) is 79.0 cm³/mol. The average Bonchev–Trinajstić information content (AvgIpc) is 2.15. The summed E-state index contributed by atoms with van der Waals surface area (Å²) in [6, 6.07) is 0. The number of rotatable bonds is 6. The van der Waals surface area contributed by atoms with E-state index in [4.69, 9.17) is 5.73 Å². The van der Waals surface area contributed by atoms with Crippen LogP contribution in [0.15, 0.2) is 12.2 Å². The Morgan fingerprint density at radius 3 is 1.82 bits per heavy atom. The van der Waals surface area contributed by atoms with Crippen molar-refractivity contribution in [3.8, 4) is 0 Å². The average molecular weight is 239 g/mol. The van der Waals surface area contributed by atoms with Gasteiger partial charge in [-0.1, -0.05) is 53.2 Å². The SMILES string of the molecule is C=C(C)C(C(C)C(C)(C)C(C)(C)N)[C@@H](C)CC. The van der Waals surface area contributed by atoms with Crippen LogP contribution in [0.1, 0.15) is 61.8 Å². The highest BCUT2D eigenvalue weighted by Gasteiger charge is 2.42. The van der Waals surface area contributed by atoms with Crippen molar-refractivity contribution in [2.75, 3.05) is 0 Å². The van der Waals surface area contributed by atoms with Gasteiger partial charge in [0.25, 0.3) is 0 Å². The maximum atomic E-state index is 6.36. The topological polar surface area (TPSA) is 26.0 Å². The van der Waals surface area contributed by atoms with Gasteiger partial charge < -0.3 is 5.73 Å². The van der Waals surface area contributed by atoms with Gasteiger partial charge in [-0.05, 0) is 43.9 Å². The van der Waals surface area contributed by atoms with Crippen molar-refractivity contribution in [2.45, 2.75) is 67.3 Å². The van der Waals surface area contributed by atoms with E-state index < -0.39 is 0 Å². The minimum Gasteiger partial charge on any atom is -0.325 e. The summed E-state index contributed by atoms with van der Waals surface area (Å²) < 4.78 is 0. The molecule has 0 heterocycles. The smallest absolute Gasteiger partial charge is 0.0151 e. The summed E-state index contributed by atoms with van der Waals surface area (Å²) in [6.07, 6.45) is 1.20. The molecule has 0 aromatic rings. The first-order valence-electron chi connectivity index (χ1n) is 6.91. The molecule has 2 unspecified atom stereocenters. The Morgan fingerprint density at radius 2 is 1.59 bits per heavy atom. The summed E-state index contributed by atoms with van der Waals surface area (Å²) in [5.41, 5.74) is 7.58. The Balaban J connectivity index is 5.23. The Morgan fingerprint density at radius 1 is 1.18 bits per heavy atom. The molecular formula is C16H33N. The second-order valence-corrected chi connectivity index (χ2v) is 6.99. The van der Waals surface area contributed by atoms with Gasteiger partial charge >= 0.3 is 0 Å². The Hall–Kier alpha value is -0.300. The Labute approximate surface area is 109 Å². The molecule has 0 saturated carbocycles. The second kappa shape index (κ2) is 5.56. The minimum atomic E-state index is -0.173.